The Balaban J connectivity index is 0.000000188. The zero-order valence-electron chi connectivity index (χ0n) is 26.3. The molecule has 2 unspecified atom stereocenters. The number of carbonyl (C=O) groups is 4. The molecule has 46 heavy (non-hydrogen) atoms. The molecule has 0 N–H and O–H groups in total. The van der Waals surface area contributed by atoms with E-state index in [9.17, 15) is 19.2 Å². The molecular weight excluding hydrogens is 578 g/mol. The van der Waals surface area contributed by atoms with Gasteiger partial charge in [0.25, 0.3) is 0 Å². The Kier molecular flexibility index (Phi) is 12.3. The van der Waals surface area contributed by atoms with Gasteiger partial charge in [0, 0.05) is 47.5 Å². The molecular formula is C39H39NO6. The summed E-state index contributed by atoms with van der Waals surface area (Å²) in [6.07, 6.45) is 4.44. The number of esters is 2. The van der Waals surface area contributed by atoms with E-state index in [-0.39, 0.29) is 17.5 Å². The number of hydrogen-bond donors (Lipinski definition) is 0. The smallest absolute Gasteiger partial charge is 0.335 e. The molecule has 2 atom stereocenters. The van der Waals surface area contributed by atoms with Gasteiger partial charge in [0.2, 0.25) is 0 Å². The maximum absolute atomic E-state index is 12.3. The Morgan fingerprint density at radius 1 is 0.674 bits per heavy atom. The highest BCUT2D eigenvalue weighted by atomic mass is 16.5. The lowest BCUT2D eigenvalue weighted by molar-refractivity contribution is -0.134. The summed E-state index contributed by atoms with van der Waals surface area (Å²) >= 11 is 0. The standard InChI is InChI=1S/C19H19NO3.C16H12O3.C4H8/c1-14-13-20(14)12-11-18(21)23-17-9-7-16(8-10-17)19(22)15-5-3-2-4-6-15;1-2-15(17)19-14-10-8-13(9-11-14)16(18)12-6-4-3-5-7-12;1-4-2-3-4/h2-10,14H,11-13H2,1H3;2-11H,1H2;4H,2-3H2,1H3. The predicted octanol–water partition coefficient (Wildman–Crippen LogP) is 7.34. The van der Waals surface area contributed by atoms with Crippen LogP contribution in [0.1, 0.15) is 65.0 Å². The van der Waals surface area contributed by atoms with Crippen molar-refractivity contribution in [1.29, 1.82) is 0 Å². The van der Waals surface area contributed by atoms with Crippen molar-refractivity contribution >= 4 is 23.5 Å². The molecule has 236 valence electrons. The summed E-state index contributed by atoms with van der Waals surface area (Å²) in [4.78, 5) is 49.4. The summed E-state index contributed by atoms with van der Waals surface area (Å²) in [6, 6.07) is 31.8. The van der Waals surface area contributed by atoms with Gasteiger partial charge in [-0.15, -0.1) is 0 Å². The van der Waals surface area contributed by atoms with Crippen LogP contribution in [-0.4, -0.2) is 47.5 Å². The average Bonchev–Trinajstić information content (AvgIpc) is 4.03. The fourth-order valence-electron chi connectivity index (χ4n) is 4.21. The van der Waals surface area contributed by atoms with Gasteiger partial charge in [-0.3, -0.25) is 19.3 Å². The van der Waals surface area contributed by atoms with E-state index in [0.717, 1.165) is 25.1 Å². The van der Waals surface area contributed by atoms with Crippen molar-refractivity contribution in [3.8, 4) is 11.5 Å². The minimum Gasteiger partial charge on any atom is -0.426 e. The molecule has 1 saturated heterocycles. The van der Waals surface area contributed by atoms with Crippen LogP contribution >= 0.6 is 0 Å². The summed E-state index contributed by atoms with van der Waals surface area (Å²) < 4.78 is 10.2. The lowest BCUT2D eigenvalue weighted by Crippen LogP contribution is -2.14. The number of benzene rings is 4. The van der Waals surface area contributed by atoms with Gasteiger partial charge in [-0.1, -0.05) is 87.0 Å². The number of ketones is 2. The van der Waals surface area contributed by atoms with Gasteiger partial charge in [0.1, 0.15) is 11.5 Å². The Labute approximate surface area is 270 Å². The van der Waals surface area contributed by atoms with E-state index < -0.39 is 5.97 Å². The average molecular weight is 618 g/mol. The summed E-state index contributed by atoms with van der Waals surface area (Å²) in [7, 11) is 0. The van der Waals surface area contributed by atoms with Crippen molar-refractivity contribution < 1.29 is 28.7 Å². The molecule has 0 radical (unpaired) electrons. The second-order valence-corrected chi connectivity index (χ2v) is 11.3. The molecule has 7 nitrogen and oxygen atoms in total. The first-order chi connectivity index (χ1) is 22.2. The van der Waals surface area contributed by atoms with Crippen LogP contribution in [0.5, 0.6) is 11.5 Å². The molecule has 1 aliphatic carbocycles. The minimum atomic E-state index is -0.526. The fourth-order valence-corrected chi connectivity index (χ4v) is 4.21. The van der Waals surface area contributed by atoms with Crippen molar-refractivity contribution in [2.75, 3.05) is 13.1 Å². The van der Waals surface area contributed by atoms with E-state index >= 15 is 0 Å². The van der Waals surface area contributed by atoms with Gasteiger partial charge in [0.05, 0.1) is 6.42 Å². The second-order valence-electron chi connectivity index (χ2n) is 11.3. The number of ether oxygens (including phenoxy) is 2. The molecule has 0 aromatic heterocycles. The van der Waals surface area contributed by atoms with E-state index in [4.69, 9.17) is 9.47 Å². The van der Waals surface area contributed by atoms with E-state index in [0.29, 0.717) is 46.2 Å². The molecule has 1 heterocycles. The summed E-state index contributed by atoms with van der Waals surface area (Å²) in [5, 5.41) is 0. The molecule has 4 aromatic carbocycles. The number of nitrogens with zero attached hydrogens (tertiary/aromatic N) is 1. The van der Waals surface area contributed by atoms with Crippen LogP contribution in [0.4, 0.5) is 0 Å². The maximum Gasteiger partial charge on any atom is 0.335 e. The first-order valence-electron chi connectivity index (χ1n) is 15.4. The van der Waals surface area contributed by atoms with E-state index in [1.54, 1.807) is 72.8 Å². The molecule has 1 aliphatic heterocycles. The van der Waals surface area contributed by atoms with Crippen molar-refractivity contribution in [2.45, 2.75) is 39.2 Å². The quantitative estimate of drug-likeness (QED) is 0.0605. The Morgan fingerprint density at radius 3 is 1.43 bits per heavy atom. The van der Waals surface area contributed by atoms with Gasteiger partial charge < -0.3 is 9.47 Å². The molecule has 0 spiro atoms. The third-order valence-corrected chi connectivity index (χ3v) is 7.38. The normalized spacial score (nSPS) is 15.9. The topological polar surface area (TPSA) is 89.8 Å². The first kappa shape index (κ1) is 33.7. The van der Waals surface area contributed by atoms with Crippen LogP contribution in [0, 0.1) is 5.92 Å². The zero-order valence-corrected chi connectivity index (χ0v) is 26.3. The monoisotopic (exact) mass is 617 g/mol. The van der Waals surface area contributed by atoms with Crippen molar-refractivity contribution in [3.63, 3.8) is 0 Å². The summed E-state index contributed by atoms with van der Waals surface area (Å²) in [6.45, 7) is 9.52. The van der Waals surface area contributed by atoms with Gasteiger partial charge in [-0.25, -0.2) is 4.79 Å². The largest absolute Gasteiger partial charge is 0.426 e. The minimum absolute atomic E-state index is 0.0426. The van der Waals surface area contributed by atoms with Crippen LogP contribution in [0.15, 0.2) is 122 Å². The van der Waals surface area contributed by atoms with Crippen molar-refractivity contribution in [1.82, 2.24) is 4.90 Å². The predicted molar refractivity (Wildman–Crippen MR) is 178 cm³/mol. The van der Waals surface area contributed by atoms with Crippen LogP contribution in [-0.2, 0) is 9.59 Å². The maximum atomic E-state index is 12.3. The van der Waals surface area contributed by atoms with Crippen molar-refractivity contribution in [3.05, 3.63) is 144 Å². The van der Waals surface area contributed by atoms with Crippen LogP contribution in [0.3, 0.4) is 0 Å². The summed E-state index contributed by atoms with van der Waals surface area (Å²) in [5.74, 6) is 1.06. The van der Waals surface area contributed by atoms with Crippen molar-refractivity contribution in [2.24, 2.45) is 5.92 Å². The molecule has 1 saturated carbocycles. The molecule has 7 heteroatoms. The Morgan fingerprint density at radius 2 is 1.07 bits per heavy atom. The first-order valence-corrected chi connectivity index (χ1v) is 15.4. The third-order valence-electron chi connectivity index (χ3n) is 7.38. The molecule has 4 aromatic rings. The second kappa shape index (κ2) is 16.8. The Hall–Kier alpha value is -5.14. The van der Waals surface area contributed by atoms with E-state index in [1.165, 1.54) is 12.8 Å². The van der Waals surface area contributed by atoms with E-state index in [2.05, 4.69) is 25.3 Å². The van der Waals surface area contributed by atoms with Crippen LogP contribution in [0.25, 0.3) is 0 Å². The zero-order chi connectivity index (χ0) is 32.9. The van der Waals surface area contributed by atoms with Crippen LogP contribution in [0.2, 0.25) is 0 Å². The van der Waals surface area contributed by atoms with Gasteiger partial charge >= 0.3 is 11.9 Å². The highest BCUT2D eigenvalue weighted by molar-refractivity contribution is 6.09. The highest BCUT2D eigenvalue weighted by Gasteiger charge is 2.28. The molecule has 0 amide bonds. The number of rotatable bonds is 10. The van der Waals surface area contributed by atoms with Gasteiger partial charge in [-0.2, -0.15) is 0 Å². The van der Waals surface area contributed by atoms with Crippen LogP contribution < -0.4 is 9.47 Å². The Bertz CT molecular complexity index is 1610. The molecule has 2 aliphatic rings. The molecule has 6 rings (SSSR count). The summed E-state index contributed by atoms with van der Waals surface area (Å²) in [5.41, 5.74) is 2.39. The van der Waals surface area contributed by atoms with Gasteiger partial charge in [-0.05, 0) is 61.4 Å². The molecule has 0 bridgehead atoms. The lowest BCUT2D eigenvalue weighted by Gasteiger charge is -2.06. The number of hydrogen-bond acceptors (Lipinski definition) is 7. The fraction of sp³-hybridized carbons (Fsp3) is 0.231. The van der Waals surface area contributed by atoms with E-state index in [1.807, 2.05) is 36.4 Å². The highest BCUT2D eigenvalue weighted by Crippen LogP contribution is 2.26. The number of carbonyl (C=O) groups excluding carboxylic acids is 4. The SMILES string of the molecule is C=CC(=O)Oc1ccc(C(=O)c2ccccc2)cc1.CC1CC1.CC1CN1CCC(=O)Oc1ccc(C(=O)c2ccccc2)cc1. The third kappa shape index (κ3) is 11.1. The molecule has 2 fully saturated rings. The lowest BCUT2D eigenvalue weighted by atomic mass is 10.0. The van der Waals surface area contributed by atoms with Gasteiger partial charge in [0.15, 0.2) is 11.6 Å².